The Bertz CT molecular complexity index is 284. The Labute approximate surface area is 104 Å². The second-order valence-electron chi connectivity index (χ2n) is 4.37. The lowest BCUT2D eigenvalue weighted by Gasteiger charge is -2.05. The van der Waals surface area contributed by atoms with Gasteiger partial charge in [-0.15, -0.1) is 0 Å². The van der Waals surface area contributed by atoms with Crippen LogP contribution in [-0.4, -0.2) is 12.8 Å². The third-order valence-corrected chi connectivity index (χ3v) is 2.85. The van der Waals surface area contributed by atoms with Crippen molar-refractivity contribution in [2.45, 2.75) is 44.9 Å². The monoisotopic (exact) mass is 233 g/mol. The van der Waals surface area contributed by atoms with Crippen molar-refractivity contribution >= 4 is 12.0 Å². The van der Waals surface area contributed by atoms with Crippen molar-refractivity contribution < 1.29 is 4.79 Å². The lowest BCUT2D eigenvalue weighted by Crippen LogP contribution is -2.00. The zero-order valence-corrected chi connectivity index (χ0v) is 10.5. The summed E-state index contributed by atoms with van der Waals surface area (Å²) in [7, 11) is 0. The van der Waals surface area contributed by atoms with E-state index in [0.717, 1.165) is 25.7 Å². The van der Waals surface area contributed by atoms with Crippen LogP contribution in [0.1, 0.15) is 44.9 Å². The van der Waals surface area contributed by atoms with E-state index in [0.29, 0.717) is 0 Å². The quantitative estimate of drug-likeness (QED) is 0.488. The van der Waals surface area contributed by atoms with E-state index in [1.165, 1.54) is 37.8 Å². The van der Waals surface area contributed by atoms with Crippen molar-refractivity contribution in [2.24, 2.45) is 0 Å². The minimum absolute atomic E-state index is 0.732. The molecule has 0 unspecified atom stereocenters. The van der Waals surface area contributed by atoms with Gasteiger partial charge in [0.1, 0.15) is 6.29 Å². The number of unbranched alkanes of at least 4 members (excludes halogenated alkanes) is 6. The first-order valence-electron chi connectivity index (χ1n) is 6.66. The van der Waals surface area contributed by atoms with Crippen LogP contribution >= 0.6 is 0 Å². The fourth-order valence-corrected chi connectivity index (χ4v) is 1.85. The van der Waals surface area contributed by atoms with Gasteiger partial charge < -0.3 is 10.1 Å². The Morgan fingerprint density at radius 3 is 2.24 bits per heavy atom. The Morgan fingerprint density at radius 1 is 0.882 bits per heavy atom. The van der Waals surface area contributed by atoms with Crippen LogP contribution in [0.5, 0.6) is 0 Å². The van der Waals surface area contributed by atoms with Gasteiger partial charge in [-0.1, -0.05) is 43.9 Å². The summed E-state index contributed by atoms with van der Waals surface area (Å²) in [5, 5.41) is 3.41. The van der Waals surface area contributed by atoms with E-state index in [9.17, 15) is 4.79 Å². The van der Waals surface area contributed by atoms with Gasteiger partial charge in [0.2, 0.25) is 0 Å². The first-order valence-corrected chi connectivity index (χ1v) is 6.66. The zero-order valence-electron chi connectivity index (χ0n) is 10.5. The van der Waals surface area contributed by atoms with Crippen molar-refractivity contribution in [3.8, 4) is 0 Å². The molecule has 17 heavy (non-hydrogen) atoms. The molecule has 0 amide bonds. The van der Waals surface area contributed by atoms with Crippen molar-refractivity contribution in [1.82, 2.24) is 0 Å². The number of para-hydroxylation sites is 1. The summed E-state index contributed by atoms with van der Waals surface area (Å²) < 4.78 is 0. The average molecular weight is 233 g/mol. The standard InChI is InChI=1S/C15H23NO/c17-14-10-5-3-1-2-4-9-13-16-15-11-7-6-8-12-15/h6-8,11-12,14,16H,1-5,9-10,13H2. The van der Waals surface area contributed by atoms with Gasteiger partial charge in [0.25, 0.3) is 0 Å². The highest BCUT2D eigenvalue weighted by Gasteiger charge is 1.92. The minimum atomic E-state index is 0.732. The summed E-state index contributed by atoms with van der Waals surface area (Å²) >= 11 is 0. The molecule has 0 saturated carbocycles. The zero-order chi connectivity index (χ0) is 12.2. The van der Waals surface area contributed by atoms with Crippen LogP contribution in [0.3, 0.4) is 0 Å². The normalized spacial score (nSPS) is 10.1. The number of carbonyl (C=O) groups is 1. The molecule has 1 rings (SSSR count). The van der Waals surface area contributed by atoms with E-state index in [-0.39, 0.29) is 0 Å². The molecule has 2 heteroatoms. The predicted octanol–water partition coefficient (Wildman–Crippen LogP) is 4.03. The predicted molar refractivity (Wildman–Crippen MR) is 73.3 cm³/mol. The Morgan fingerprint density at radius 2 is 1.53 bits per heavy atom. The van der Waals surface area contributed by atoms with Gasteiger partial charge in [0.15, 0.2) is 0 Å². The second-order valence-corrected chi connectivity index (χ2v) is 4.37. The third kappa shape index (κ3) is 7.56. The molecule has 0 heterocycles. The highest BCUT2D eigenvalue weighted by atomic mass is 16.1. The number of nitrogens with one attached hydrogen (secondary N) is 1. The molecular formula is C15H23NO. The molecule has 2 nitrogen and oxygen atoms in total. The number of carbonyl (C=O) groups excluding carboxylic acids is 1. The van der Waals surface area contributed by atoms with Gasteiger partial charge >= 0.3 is 0 Å². The maximum Gasteiger partial charge on any atom is 0.119 e. The molecule has 0 aliphatic rings. The molecule has 0 aromatic heterocycles. The lowest BCUT2D eigenvalue weighted by atomic mass is 10.1. The fraction of sp³-hybridized carbons (Fsp3) is 0.533. The van der Waals surface area contributed by atoms with Gasteiger partial charge in [-0.05, 0) is 25.0 Å². The van der Waals surface area contributed by atoms with Crippen LogP contribution in [0.15, 0.2) is 30.3 Å². The summed E-state index contributed by atoms with van der Waals surface area (Å²) in [5.41, 5.74) is 1.21. The van der Waals surface area contributed by atoms with Crippen LogP contribution in [0.25, 0.3) is 0 Å². The van der Waals surface area contributed by atoms with Gasteiger partial charge in [-0.2, -0.15) is 0 Å². The van der Waals surface area contributed by atoms with Gasteiger partial charge in [-0.25, -0.2) is 0 Å². The number of aldehydes is 1. The Kier molecular flexibility index (Phi) is 8.00. The van der Waals surface area contributed by atoms with Crippen LogP contribution in [-0.2, 0) is 4.79 Å². The smallest absolute Gasteiger partial charge is 0.119 e. The molecule has 0 aliphatic carbocycles. The molecule has 0 atom stereocenters. The highest BCUT2D eigenvalue weighted by molar-refractivity contribution is 5.48. The first-order chi connectivity index (χ1) is 8.43. The number of hydrogen-bond donors (Lipinski definition) is 1. The Hall–Kier alpha value is -1.31. The van der Waals surface area contributed by atoms with E-state index in [4.69, 9.17) is 0 Å². The second kappa shape index (κ2) is 9.88. The molecule has 1 N–H and O–H groups in total. The number of anilines is 1. The fourth-order valence-electron chi connectivity index (χ4n) is 1.85. The number of benzene rings is 1. The molecule has 94 valence electrons. The highest BCUT2D eigenvalue weighted by Crippen LogP contribution is 2.08. The molecule has 0 aliphatic heterocycles. The van der Waals surface area contributed by atoms with Crippen LogP contribution in [0.2, 0.25) is 0 Å². The SMILES string of the molecule is O=CCCCCCCCCNc1ccccc1. The van der Waals surface area contributed by atoms with E-state index in [2.05, 4.69) is 29.6 Å². The van der Waals surface area contributed by atoms with E-state index in [1.807, 2.05) is 6.07 Å². The minimum Gasteiger partial charge on any atom is -0.385 e. The van der Waals surface area contributed by atoms with Crippen LogP contribution in [0, 0.1) is 0 Å². The molecule has 0 radical (unpaired) electrons. The van der Waals surface area contributed by atoms with Crippen LogP contribution < -0.4 is 5.32 Å². The summed E-state index contributed by atoms with van der Waals surface area (Å²) in [6.07, 6.45) is 9.06. The van der Waals surface area contributed by atoms with Crippen LogP contribution in [0.4, 0.5) is 5.69 Å². The van der Waals surface area contributed by atoms with Crippen molar-refractivity contribution in [2.75, 3.05) is 11.9 Å². The summed E-state index contributed by atoms with van der Waals surface area (Å²) in [5.74, 6) is 0. The van der Waals surface area contributed by atoms with Gasteiger partial charge in [-0.3, -0.25) is 0 Å². The van der Waals surface area contributed by atoms with Crippen molar-refractivity contribution in [3.63, 3.8) is 0 Å². The number of rotatable bonds is 10. The molecule has 1 aromatic rings. The van der Waals surface area contributed by atoms with Gasteiger partial charge in [0, 0.05) is 18.7 Å². The summed E-state index contributed by atoms with van der Waals surface area (Å²) in [6.45, 7) is 1.05. The maximum absolute atomic E-state index is 10.1. The molecule has 0 bridgehead atoms. The third-order valence-electron chi connectivity index (χ3n) is 2.85. The van der Waals surface area contributed by atoms with Gasteiger partial charge in [0.05, 0.1) is 0 Å². The van der Waals surface area contributed by atoms with Crippen molar-refractivity contribution in [1.29, 1.82) is 0 Å². The molecule has 0 fully saturated rings. The first kappa shape index (κ1) is 13.8. The molecular weight excluding hydrogens is 210 g/mol. The average Bonchev–Trinajstić information content (AvgIpc) is 2.38. The van der Waals surface area contributed by atoms with E-state index >= 15 is 0 Å². The largest absolute Gasteiger partial charge is 0.385 e. The molecule has 1 aromatic carbocycles. The summed E-state index contributed by atoms with van der Waals surface area (Å²) in [4.78, 5) is 10.1. The van der Waals surface area contributed by atoms with Crippen molar-refractivity contribution in [3.05, 3.63) is 30.3 Å². The molecule has 0 spiro atoms. The maximum atomic E-state index is 10.1. The Balaban J connectivity index is 1.86. The lowest BCUT2D eigenvalue weighted by molar-refractivity contribution is -0.107. The summed E-state index contributed by atoms with van der Waals surface area (Å²) in [6, 6.07) is 10.3. The van der Waals surface area contributed by atoms with E-state index in [1.54, 1.807) is 0 Å². The topological polar surface area (TPSA) is 29.1 Å². The number of hydrogen-bond acceptors (Lipinski definition) is 2. The van der Waals surface area contributed by atoms with E-state index < -0.39 is 0 Å². The molecule has 0 saturated heterocycles.